The molecule has 1 heterocycles. The maximum absolute atomic E-state index is 10.8. The fourth-order valence-electron chi connectivity index (χ4n) is 2.14. The van der Waals surface area contributed by atoms with Gasteiger partial charge in [0.1, 0.15) is 5.02 Å². The van der Waals surface area contributed by atoms with Gasteiger partial charge in [-0.2, -0.15) is 0 Å². The number of nitro benzene ring substituents is 1. The molecular weight excluding hydrogens is 305 g/mol. The molecule has 8 heteroatoms. The van der Waals surface area contributed by atoms with Crippen molar-refractivity contribution in [3.63, 3.8) is 0 Å². The van der Waals surface area contributed by atoms with Crippen molar-refractivity contribution in [1.29, 1.82) is 0 Å². The minimum absolute atomic E-state index is 0. The van der Waals surface area contributed by atoms with Crippen molar-refractivity contribution in [1.82, 2.24) is 10.6 Å². The lowest BCUT2D eigenvalue weighted by molar-refractivity contribution is -0.384. The highest BCUT2D eigenvalue weighted by Gasteiger charge is 2.24. The average molecular weight is 322 g/mol. The van der Waals surface area contributed by atoms with Crippen molar-refractivity contribution in [2.45, 2.75) is 12.6 Å². The molecule has 2 unspecified atom stereocenters. The van der Waals surface area contributed by atoms with Crippen LogP contribution < -0.4 is 10.6 Å². The summed E-state index contributed by atoms with van der Waals surface area (Å²) in [5, 5.41) is 26.8. The zero-order valence-electron chi connectivity index (χ0n) is 10.7. The zero-order chi connectivity index (χ0) is 13.8. The zero-order valence-corrected chi connectivity index (χ0v) is 12.3. The molecule has 0 spiro atoms. The summed E-state index contributed by atoms with van der Waals surface area (Å²) in [6, 6.07) is 4.76. The largest absolute Gasteiger partial charge is 0.391 e. The third-order valence-corrected chi connectivity index (χ3v) is 3.57. The summed E-state index contributed by atoms with van der Waals surface area (Å²) in [7, 11) is 0. The molecule has 1 fully saturated rings. The van der Waals surface area contributed by atoms with Crippen molar-refractivity contribution in [3.05, 3.63) is 38.9 Å². The summed E-state index contributed by atoms with van der Waals surface area (Å²) in [6.07, 6.45) is -0.327. The molecule has 2 rings (SSSR count). The molecule has 1 aliphatic rings. The first-order valence-electron chi connectivity index (χ1n) is 6.10. The molecule has 112 valence electrons. The standard InChI is InChI=1S/C12H16ClN3O3.ClH/c13-10-2-1-8(3-11(10)16(18)19)4-14-5-9-6-15-7-12(9)17;/h1-3,9,12,14-15,17H,4-7H2;1H. The van der Waals surface area contributed by atoms with Crippen LogP contribution in [0.2, 0.25) is 5.02 Å². The first-order chi connectivity index (χ1) is 9.08. The number of rotatable bonds is 5. The Hall–Kier alpha value is -0.920. The second-order valence-corrected chi connectivity index (χ2v) is 5.07. The number of nitrogens with one attached hydrogen (secondary N) is 2. The van der Waals surface area contributed by atoms with Crippen molar-refractivity contribution in [2.75, 3.05) is 19.6 Å². The lowest BCUT2D eigenvalue weighted by Gasteiger charge is -2.14. The van der Waals surface area contributed by atoms with E-state index in [0.717, 1.165) is 12.1 Å². The Labute approximate surface area is 128 Å². The average Bonchev–Trinajstić information content (AvgIpc) is 2.77. The third kappa shape index (κ3) is 4.29. The molecule has 0 amide bonds. The van der Waals surface area contributed by atoms with E-state index in [1.165, 1.54) is 12.1 Å². The summed E-state index contributed by atoms with van der Waals surface area (Å²) < 4.78 is 0. The van der Waals surface area contributed by atoms with Crippen molar-refractivity contribution < 1.29 is 10.0 Å². The van der Waals surface area contributed by atoms with Crippen LogP contribution in [0.25, 0.3) is 0 Å². The number of nitro groups is 1. The Morgan fingerprint density at radius 3 is 2.85 bits per heavy atom. The number of nitrogens with zero attached hydrogens (tertiary/aromatic N) is 1. The van der Waals surface area contributed by atoms with E-state index in [1.807, 2.05) is 0 Å². The van der Waals surface area contributed by atoms with Crippen LogP contribution >= 0.6 is 24.0 Å². The number of hydrogen-bond acceptors (Lipinski definition) is 5. The van der Waals surface area contributed by atoms with Crippen LogP contribution in [0.5, 0.6) is 0 Å². The molecule has 20 heavy (non-hydrogen) atoms. The lowest BCUT2D eigenvalue weighted by Crippen LogP contribution is -2.30. The second-order valence-electron chi connectivity index (χ2n) is 4.66. The predicted octanol–water partition coefficient (Wildman–Crippen LogP) is 1.34. The van der Waals surface area contributed by atoms with Crippen molar-refractivity contribution >= 4 is 29.7 Å². The molecule has 0 bridgehead atoms. The molecule has 6 nitrogen and oxygen atoms in total. The van der Waals surface area contributed by atoms with Gasteiger partial charge in [0.2, 0.25) is 0 Å². The minimum Gasteiger partial charge on any atom is -0.391 e. The van der Waals surface area contributed by atoms with Crippen molar-refractivity contribution in [3.8, 4) is 0 Å². The summed E-state index contributed by atoms with van der Waals surface area (Å²) in [6.45, 7) is 2.60. The summed E-state index contributed by atoms with van der Waals surface area (Å²) >= 11 is 5.74. The van der Waals surface area contributed by atoms with Crippen LogP contribution in [0.4, 0.5) is 5.69 Å². The van der Waals surface area contributed by atoms with Gasteiger partial charge in [0.05, 0.1) is 11.0 Å². The molecule has 2 atom stereocenters. The van der Waals surface area contributed by atoms with Crippen molar-refractivity contribution in [2.24, 2.45) is 5.92 Å². The number of aliphatic hydroxyl groups excluding tert-OH is 1. The molecule has 0 saturated carbocycles. The first kappa shape index (κ1) is 17.1. The fourth-order valence-corrected chi connectivity index (χ4v) is 2.32. The normalized spacial score (nSPS) is 21.5. The highest BCUT2D eigenvalue weighted by Crippen LogP contribution is 2.24. The molecule has 0 radical (unpaired) electrons. The van der Waals surface area contributed by atoms with Gasteiger partial charge in [0.25, 0.3) is 5.69 Å². The fraction of sp³-hybridized carbons (Fsp3) is 0.500. The molecular formula is C12H17Cl2N3O3. The van der Waals surface area contributed by atoms with Gasteiger partial charge < -0.3 is 15.7 Å². The van der Waals surface area contributed by atoms with Gasteiger partial charge in [-0.1, -0.05) is 17.7 Å². The quantitative estimate of drug-likeness (QED) is 0.562. The topological polar surface area (TPSA) is 87.4 Å². The van der Waals surface area contributed by atoms with E-state index in [-0.39, 0.29) is 35.1 Å². The maximum atomic E-state index is 10.8. The number of hydrogen-bond donors (Lipinski definition) is 3. The minimum atomic E-state index is -0.490. The van der Waals surface area contributed by atoms with Gasteiger partial charge in [-0.05, 0) is 11.6 Å². The maximum Gasteiger partial charge on any atom is 0.288 e. The van der Waals surface area contributed by atoms with E-state index < -0.39 is 4.92 Å². The van der Waals surface area contributed by atoms with Crippen LogP contribution in [0.3, 0.4) is 0 Å². The molecule has 1 aromatic rings. The predicted molar refractivity (Wildman–Crippen MR) is 79.4 cm³/mol. The summed E-state index contributed by atoms with van der Waals surface area (Å²) in [4.78, 5) is 10.3. The van der Waals surface area contributed by atoms with Crippen LogP contribution in [0.15, 0.2) is 18.2 Å². The van der Waals surface area contributed by atoms with Gasteiger partial charge in [0, 0.05) is 38.2 Å². The Morgan fingerprint density at radius 1 is 1.50 bits per heavy atom. The Balaban J connectivity index is 0.00000200. The Bertz CT molecular complexity index is 473. The highest BCUT2D eigenvalue weighted by molar-refractivity contribution is 6.32. The van der Waals surface area contributed by atoms with Gasteiger partial charge in [-0.3, -0.25) is 10.1 Å². The highest BCUT2D eigenvalue weighted by atomic mass is 35.5. The number of aliphatic hydroxyl groups is 1. The molecule has 0 aromatic heterocycles. The first-order valence-corrected chi connectivity index (χ1v) is 6.48. The van der Waals surface area contributed by atoms with Crippen LogP contribution in [0.1, 0.15) is 5.56 Å². The van der Waals surface area contributed by atoms with Crippen LogP contribution in [-0.2, 0) is 6.54 Å². The van der Waals surface area contributed by atoms with Crippen LogP contribution in [-0.4, -0.2) is 35.8 Å². The monoisotopic (exact) mass is 321 g/mol. The number of benzene rings is 1. The second kappa shape index (κ2) is 7.75. The summed E-state index contributed by atoms with van der Waals surface area (Å²) in [5.41, 5.74) is 0.722. The van der Waals surface area contributed by atoms with Crippen LogP contribution in [0, 0.1) is 16.0 Å². The van der Waals surface area contributed by atoms with Gasteiger partial charge in [-0.25, -0.2) is 0 Å². The third-order valence-electron chi connectivity index (χ3n) is 3.25. The van der Waals surface area contributed by atoms with E-state index in [2.05, 4.69) is 10.6 Å². The van der Waals surface area contributed by atoms with E-state index in [0.29, 0.717) is 19.6 Å². The number of β-amino-alcohol motifs (C(OH)–C–C–N with tert-alkyl or cyclic N) is 1. The molecule has 0 aliphatic carbocycles. The van der Waals surface area contributed by atoms with Gasteiger partial charge in [-0.15, -0.1) is 12.4 Å². The van der Waals surface area contributed by atoms with Gasteiger partial charge >= 0.3 is 0 Å². The van der Waals surface area contributed by atoms with E-state index in [4.69, 9.17) is 11.6 Å². The van der Waals surface area contributed by atoms with E-state index in [9.17, 15) is 15.2 Å². The van der Waals surface area contributed by atoms with E-state index in [1.54, 1.807) is 6.07 Å². The Kier molecular flexibility index (Phi) is 6.64. The lowest BCUT2D eigenvalue weighted by atomic mass is 10.1. The van der Waals surface area contributed by atoms with E-state index >= 15 is 0 Å². The smallest absolute Gasteiger partial charge is 0.288 e. The molecule has 1 aromatic carbocycles. The SMILES string of the molecule is Cl.O=[N+]([O-])c1cc(CNCC2CNCC2O)ccc1Cl. The Morgan fingerprint density at radius 2 is 2.25 bits per heavy atom. The number of halogens is 2. The molecule has 3 N–H and O–H groups in total. The van der Waals surface area contributed by atoms with Gasteiger partial charge in [0.15, 0.2) is 0 Å². The molecule has 1 saturated heterocycles. The summed E-state index contributed by atoms with van der Waals surface area (Å²) in [5.74, 6) is 0.183. The molecule has 1 aliphatic heterocycles.